The molecule has 2 N–H and O–H groups in total. The Kier molecular flexibility index (Phi) is 3.46. The fourth-order valence-electron chi connectivity index (χ4n) is 2.75. The molecule has 118 valence electrons. The Hall–Kier alpha value is -3.21. The number of hydrogen-bond acceptors (Lipinski definition) is 4. The van der Waals surface area contributed by atoms with Crippen molar-refractivity contribution in [1.29, 1.82) is 0 Å². The van der Waals surface area contributed by atoms with Crippen LogP contribution in [0, 0.1) is 13.8 Å². The van der Waals surface area contributed by atoms with Crippen molar-refractivity contribution in [1.82, 2.24) is 19.9 Å². The summed E-state index contributed by atoms with van der Waals surface area (Å²) in [6.45, 7) is 4.01. The van der Waals surface area contributed by atoms with E-state index in [2.05, 4.69) is 50.4 Å². The van der Waals surface area contributed by atoms with Gasteiger partial charge in [-0.3, -0.25) is 4.98 Å². The Bertz CT molecular complexity index is 1000. The quantitative estimate of drug-likeness (QED) is 0.589. The van der Waals surface area contributed by atoms with Gasteiger partial charge in [0.2, 0.25) is 0 Å². The van der Waals surface area contributed by atoms with E-state index in [0.29, 0.717) is 5.82 Å². The lowest BCUT2D eigenvalue weighted by Crippen LogP contribution is -1.99. The number of H-pyrrole nitrogens is 1. The highest BCUT2D eigenvalue weighted by Gasteiger charge is 2.07. The van der Waals surface area contributed by atoms with Crippen molar-refractivity contribution >= 4 is 22.4 Å². The van der Waals surface area contributed by atoms with Gasteiger partial charge in [-0.15, -0.1) is 0 Å². The number of aromatic nitrogens is 4. The fourth-order valence-corrected chi connectivity index (χ4v) is 2.75. The number of benzene rings is 1. The van der Waals surface area contributed by atoms with Gasteiger partial charge in [-0.1, -0.05) is 6.07 Å². The number of nitrogens with zero attached hydrogens (tertiary/aromatic N) is 3. The second-order valence-electron chi connectivity index (χ2n) is 5.81. The average molecular weight is 315 g/mol. The molecule has 0 bridgehead atoms. The molecular weight excluding hydrogens is 298 g/mol. The second kappa shape index (κ2) is 5.77. The van der Waals surface area contributed by atoms with Gasteiger partial charge in [0.1, 0.15) is 11.5 Å². The molecule has 4 rings (SSSR count). The summed E-state index contributed by atoms with van der Waals surface area (Å²) in [6, 6.07) is 16.0. The molecule has 5 nitrogen and oxygen atoms in total. The zero-order valence-electron chi connectivity index (χ0n) is 13.5. The van der Waals surface area contributed by atoms with Crippen LogP contribution in [0.5, 0.6) is 0 Å². The molecule has 0 unspecified atom stereocenters. The number of aryl methyl sites for hydroxylation is 2. The van der Waals surface area contributed by atoms with Gasteiger partial charge in [0.15, 0.2) is 5.82 Å². The standard InChI is InChI=1S/C19H17N5/c1-12-9-14-11-15(6-7-16(14)21-12)23-18-10-13(2)22-19(24-18)17-5-3-4-8-20-17/h3-11,21H,1-2H3,(H,22,23,24). The zero-order chi connectivity index (χ0) is 16.5. The van der Waals surface area contributed by atoms with Gasteiger partial charge in [-0.25, -0.2) is 9.97 Å². The molecule has 0 amide bonds. The van der Waals surface area contributed by atoms with Crippen LogP contribution >= 0.6 is 0 Å². The third kappa shape index (κ3) is 2.84. The smallest absolute Gasteiger partial charge is 0.180 e. The maximum atomic E-state index is 4.59. The summed E-state index contributed by atoms with van der Waals surface area (Å²) in [7, 11) is 0. The number of pyridine rings is 1. The van der Waals surface area contributed by atoms with E-state index in [9.17, 15) is 0 Å². The van der Waals surface area contributed by atoms with Crippen LogP contribution in [0.4, 0.5) is 11.5 Å². The summed E-state index contributed by atoms with van der Waals surface area (Å²) in [5.41, 5.74) is 4.93. The van der Waals surface area contributed by atoms with E-state index >= 15 is 0 Å². The van der Waals surface area contributed by atoms with Crippen LogP contribution in [-0.2, 0) is 0 Å². The molecule has 0 aliphatic heterocycles. The summed E-state index contributed by atoms with van der Waals surface area (Å²) in [5, 5.41) is 4.54. The largest absolute Gasteiger partial charge is 0.359 e. The van der Waals surface area contributed by atoms with Crippen molar-refractivity contribution in [3.05, 3.63) is 66.1 Å². The van der Waals surface area contributed by atoms with E-state index in [0.717, 1.165) is 34.1 Å². The number of fused-ring (bicyclic) bond motifs is 1. The molecule has 0 spiro atoms. The fraction of sp³-hybridized carbons (Fsp3) is 0.105. The highest BCUT2D eigenvalue weighted by molar-refractivity contribution is 5.84. The van der Waals surface area contributed by atoms with Gasteiger partial charge in [0.25, 0.3) is 0 Å². The van der Waals surface area contributed by atoms with E-state index in [4.69, 9.17) is 0 Å². The van der Waals surface area contributed by atoms with Crippen LogP contribution in [0.1, 0.15) is 11.4 Å². The predicted octanol–water partition coefficient (Wildman–Crippen LogP) is 4.38. The van der Waals surface area contributed by atoms with Gasteiger partial charge in [0.05, 0.1) is 0 Å². The summed E-state index contributed by atoms with van der Waals surface area (Å²) in [5.74, 6) is 1.38. The minimum atomic E-state index is 0.622. The first-order valence-corrected chi connectivity index (χ1v) is 7.81. The van der Waals surface area contributed by atoms with E-state index in [1.54, 1.807) is 6.20 Å². The molecule has 1 aromatic carbocycles. The van der Waals surface area contributed by atoms with Crippen molar-refractivity contribution in [3.63, 3.8) is 0 Å². The Labute approximate surface area is 139 Å². The lowest BCUT2D eigenvalue weighted by Gasteiger charge is -2.08. The molecule has 0 aliphatic carbocycles. The predicted molar refractivity (Wildman–Crippen MR) is 96.3 cm³/mol. The van der Waals surface area contributed by atoms with Crippen molar-refractivity contribution in [2.75, 3.05) is 5.32 Å². The minimum Gasteiger partial charge on any atom is -0.359 e. The highest BCUT2D eigenvalue weighted by Crippen LogP contribution is 2.23. The summed E-state index contributed by atoms with van der Waals surface area (Å²) < 4.78 is 0. The van der Waals surface area contributed by atoms with Crippen molar-refractivity contribution in [2.24, 2.45) is 0 Å². The number of anilines is 2. The molecule has 0 fully saturated rings. The topological polar surface area (TPSA) is 66.5 Å². The van der Waals surface area contributed by atoms with Crippen molar-refractivity contribution in [2.45, 2.75) is 13.8 Å². The maximum Gasteiger partial charge on any atom is 0.180 e. The summed E-state index contributed by atoms with van der Waals surface area (Å²) in [6.07, 6.45) is 1.75. The normalized spacial score (nSPS) is 10.9. The molecule has 3 aromatic heterocycles. The molecule has 0 atom stereocenters. The Morgan fingerprint density at radius 3 is 2.71 bits per heavy atom. The Morgan fingerprint density at radius 1 is 0.958 bits per heavy atom. The van der Waals surface area contributed by atoms with Gasteiger partial charge in [-0.2, -0.15) is 0 Å². The SMILES string of the molecule is Cc1cc(Nc2ccc3[nH]c(C)cc3c2)nc(-c2ccccn2)n1. The molecule has 3 heterocycles. The number of hydrogen-bond donors (Lipinski definition) is 2. The molecule has 0 aliphatic rings. The van der Waals surface area contributed by atoms with E-state index < -0.39 is 0 Å². The van der Waals surface area contributed by atoms with Crippen LogP contribution in [0.15, 0.2) is 54.7 Å². The summed E-state index contributed by atoms with van der Waals surface area (Å²) in [4.78, 5) is 16.7. The molecule has 4 aromatic rings. The number of rotatable bonds is 3. The molecule has 5 heteroatoms. The van der Waals surface area contributed by atoms with E-state index in [1.807, 2.05) is 37.3 Å². The molecular formula is C19H17N5. The number of aromatic amines is 1. The van der Waals surface area contributed by atoms with Crippen LogP contribution in [-0.4, -0.2) is 19.9 Å². The monoisotopic (exact) mass is 315 g/mol. The number of nitrogens with one attached hydrogen (secondary N) is 2. The van der Waals surface area contributed by atoms with Crippen LogP contribution in [0.2, 0.25) is 0 Å². The van der Waals surface area contributed by atoms with E-state index in [1.165, 1.54) is 5.39 Å². The molecule has 0 radical (unpaired) electrons. The molecule has 0 saturated heterocycles. The van der Waals surface area contributed by atoms with Gasteiger partial charge < -0.3 is 10.3 Å². The third-order valence-corrected chi connectivity index (χ3v) is 3.78. The van der Waals surface area contributed by atoms with E-state index in [-0.39, 0.29) is 0 Å². The zero-order valence-corrected chi connectivity index (χ0v) is 13.5. The average Bonchev–Trinajstić information content (AvgIpc) is 2.94. The molecule has 0 saturated carbocycles. The van der Waals surface area contributed by atoms with Crippen molar-refractivity contribution in [3.8, 4) is 11.5 Å². The lowest BCUT2D eigenvalue weighted by molar-refractivity contribution is 1.09. The minimum absolute atomic E-state index is 0.622. The van der Waals surface area contributed by atoms with Crippen LogP contribution in [0.25, 0.3) is 22.4 Å². The van der Waals surface area contributed by atoms with Crippen LogP contribution in [0.3, 0.4) is 0 Å². The first kappa shape index (κ1) is 14.4. The first-order valence-electron chi connectivity index (χ1n) is 7.81. The van der Waals surface area contributed by atoms with Gasteiger partial charge in [0, 0.05) is 40.2 Å². The maximum absolute atomic E-state index is 4.59. The first-order chi connectivity index (χ1) is 11.7. The summed E-state index contributed by atoms with van der Waals surface area (Å²) >= 11 is 0. The van der Waals surface area contributed by atoms with Crippen molar-refractivity contribution < 1.29 is 0 Å². The second-order valence-corrected chi connectivity index (χ2v) is 5.81. The van der Waals surface area contributed by atoms with Crippen LogP contribution < -0.4 is 5.32 Å². The third-order valence-electron chi connectivity index (χ3n) is 3.78. The van der Waals surface area contributed by atoms with Gasteiger partial charge in [-0.05, 0) is 50.2 Å². The highest BCUT2D eigenvalue weighted by atomic mass is 15.0. The molecule has 24 heavy (non-hydrogen) atoms. The van der Waals surface area contributed by atoms with Gasteiger partial charge >= 0.3 is 0 Å². The lowest BCUT2D eigenvalue weighted by atomic mass is 10.2. The Morgan fingerprint density at radius 2 is 1.88 bits per heavy atom. The Balaban J connectivity index is 1.69.